The number of hydrogen-bond acceptors (Lipinski definition) is 3. The minimum absolute atomic E-state index is 0.160. The number of methoxy groups -OCH3 is 1. The van der Waals surface area contributed by atoms with Crippen LogP contribution < -0.4 is 5.32 Å². The molecule has 0 spiro atoms. The second-order valence-electron chi connectivity index (χ2n) is 4.25. The Hall–Kier alpha value is -1.51. The fraction of sp³-hybridized carbons (Fsp3) is 0.500. The third-order valence-corrected chi connectivity index (χ3v) is 3.57. The summed E-state index contributed by atoms with van der Waals surface area (Å²) in [6.45, 7) is 7.84. The van der Waals surface area contributed by atoms with Crippen molar-refractivity contribution < 1.29 is 9.53 Å². The minimum Gasteiger partial charge on any atom is -0.469 e. The summed E-state index contributed by atoms with van der Waals surface area (Å²) < 4.78 is 4.88. The van der Waals surface area contributed by atoms with Gasteiger partial charge >= 0.3 is 5.97 Å². The lowest BCUT2D eigenvalue weighted by atomic mass is 9.68. The third kappa shape index (κ3) is 2.60. The molecule has 1 atom stereocenters. The molecule has 0 aromatic carbocycles. The quantitative estimate of drug-likeness (QED) is 0.745. The predicted octanol–water partition coefficient (Wildman–Crippen LogP) is 2.77. The molecule has 0 aliphatic heterocycles. The molecule has 1 aliphatic carbocycles. The monoisotopic (exact) mass is 235 g/mol. The maximum absolute atomic E-state index is 11.8. The van der Waals surface area contributed by atoms with Crippen LogP contribution in [-0.4, -0.2) is 13.1 Å². The summed E-state index contributed by atoms with van der Waals surface area (Å²) in [6.07, 6.45) is 9.39. The highest BCUT2D eigenvalue weighted by Gasteiger charge is 2.39. The molecular formula is C14H21NO2. The highest BCUT2D eigenvalue weighted by molar-refractivity contribution is 5.76. The maximum atomic E-state index is 11.8. The van der Waals surface area contributed by atoms with Crippen LogP contribution in [0.5, 0.6) is 0 Å². The smallest absolute Gasteiger partial charge is 0.313 e. The van der Waals surface area contributed by atoms with Gasteiger partial charge in [-0.2, -0.15) is 0 Å². The Balaban J connectivity index is 3.08. The van der Waals surface area contributed by atoms with Crippen LogP contribution in [0.1, 0.15) is 26.7 Å². The summed E-state index contributed by atoms with van der Waals surface area (Å²) in [6, 6.07) is 0. The van der Waals surface area contributed by atoms with Crippen LogP contribution in [0.4, 0.5) is 0 Å². The van der Waals surface area contributed by atoms with Crippen molar-refractivity contribution in [2.24, 2.45) is 11.3 Å². The van der Waals surface area contributed by atoms with Crippen molar-refractivity contribution in [2.45, 2.75) is 26.7 Å². The molecule has 94 valence electrons. The highest BCUT2D eigenvalue weighted by atomic mass is 16.5. The summed E-state index contributed by atoms with van der Waals surface area (Å²) in [5, 5.41) is 3.07. The van der Waals surface area contributed by atoms with Gasteiger partial charge < -0.3 is 10.1 Å². The van der Waals surface area contributed by atoms with Crippen LogP contribution in [-0.2, 0) is 9.53 Å². The lowest BCUT2D eigenvalue weighted by Gasteiger charge is -2.36. The van der Waals surface area contributed by atoms with Crippen molar-refractivity contribution >= 4 is 5.97 Å². The van der Waals surface area contributed by atoms with Gasteiger partial charge in [0.05, 0.1) is 13.0 Å². The van der Waals surface area contributed by atoms with Crippen LogP contribution in [0.3, 0.4) is 0 Å². The van der Waals surface area contributed by atoms with Crippen molar-refractivity contribution in [1.82, 2.24) is 5.32 Å². The van der Waals surface area contributed by atoms with Gasteiger partial charge in [0.1, 0.15) is 0 Å². The predicted molar refractivity (Wildman–Crippen MR) is 69.1 cm³/mol. The Labute approximate surface area is 103 Å². The van der Waals surface area contributed by atoms with E-state index < -0.39 is 0 Å². The zero-order valence-corrected chi connectivity index (χ0v) is 10.8. The minimum atomic E-state index is -0.196. The zero-order chi connectivity index (χ0) is 12.9. The summed E-state index contributed by atoms with van der Waals surface area (Å²) in [7, 11) is 1.44. The first-order chi connectivity index (χ1) is 8.13. The van der Waals surface area contributed by atoms with Gasteiger partial charge in [0.25, 0.3) is 0 Å². The van der Waals surface area contributed by atoms with E-state index >= 15 is 0 Å². The number of rotatable bonds is 5. The van der Waals surface area contributed by atoms with E-state index in [2.05, 4.69) is 31.8 Å². The van der Waals surface area contributed by atoms with Crippen molar-refractivity contribution in [3.05, 3.63) is 36.7 Å². The van der Waals surface area contributed by atoms with E-state index in [1.165, 1.54) is 7.11 Å². The molecule has 0 saturated heterocycles. The first kappa shape index (κ1) is 13.6. The summed E-state index contributed by atoms with van der Waals surface area (Å²) in [5.74, 6) is -0.364. The molecule has 3 nitrogen and oxygen atoms in total. The Morgan fingerprint density at radius 3 is 2.71 bits per heavy atom. The number of allylic oxidation sites excluding steroid dienone is 2. The van der Waals surface area contributed by atoms with Crippen molar-refractivity contribution in [3.8, 4) is 0 Å². The molecule has 0 saturated carbocycles. The van der Waals surface area contributed by atoms with Crippen LogP contribution in [0.15, 0.2) is 36.7 Å². The molecule has 1 rings (SSSR count). The fourth-order valence-electron chi connectivity index (χ4n) is 2.38. The molecule has 0 fully saturated rings. The molecule has 17 heavy (non-hydrogen) atoms. The molecule has 0 bridgehead atoms. The topological polar surface area (TPSA) is 38.3 Å². The van der Waals surface area contributed by atoms with Crippen LogP contribution in [0.2, 0.25) is 0 Å². The van der Waals surface area contributed by atoms with Gasteiger partial charge in [-0.3, -0.25) is 4.79 Å². The van der Waals surface area contributed by atoms with E-state index in [9.17, 15) is 4.79 Å². The SMILES string of the molecule is C=CNC1=CC(CC)(CC)C(C(=O)OC)C=C1. The van der Waals surface area contributed by atoms with Crippen molar-refractivity contribution in [2.75, 3.05) is 7.11 Å². The average molecular weight is 235 g/mol. The van der Waals surface area contributed by atoms with E-state index in [0.717, 1.165) is 18.5 Å². The van der Waals surface area contributed by atoms with E-state index in [-0.39, 0.29) is 17.3 Å². The highest BCUT2D eigenvalue weighted by Crippen LogP contribution is 2.41. The Bertz CT molecular complexity index is 351. The molecule has 0 aromatic heterocycles. The van der Waals surface area contributed by atoms with E-state index in [1.54, 1.807) is 6.20 Å². The lowest BCUT2D eigenvalue weighted by Crippen LogP contribution is -2.36. The Morgan fingerprint density at radius 2 is 2.24 bits per heavy atom. The van der Waals surface area contributed by atoms with Gasteiger partial charge in [-0.1, -0.05) is 32.6 Å². The van der Waals surface area contributed by atoms with Gasteiger partial charge in [0.15, 0.2) is 0 Å². The Kier molecular flexibility index (Phi) is 4.55. The van der Waals surface area contributed by atoms with Crippen molar-refractivity contribution in [1.29, 1.82) is 0 Å². The largest absolute Gasteiger partial charge is 0.469 e. The first-order valence-corrected chi connectivity index (χ1v) is 5.99. The van der Waals surface area contributed by atoms with Crippen molar-refractivity contribution in [3.63, 3.8) is 0 Å². The van der Waals surface area contributed by atoms with Gasteiger partial charge in [-0.05, 0) is 25.1 Å². The molecular weight excluding hydrogens is 214 g/mol. The molecule has 1 aliphatic rings. The maximum Gasteiger partial charge on any atom is 0.313 e. The first-order valence-electron chi connectivity index (χ1n) is 5.99. The number of ether oxygens (including phenoxy) is 1. The second-order valence-corrected chi connectivity index (χ2v) is 4.25. The number of esters is 1. The number of carbonyl (C=O) groups is 1. The lowest BCUT2D eigenvalue weighted by molar-refractivity contribution is -0.147. The molecule has 0 aromatic rings. The van der Waals surface area contributed by atoms with Gasteiger partial charge in [0.2, 0.25) is 0 Å². The standard InChI is InChI=1S/C14H21NO2/c1-5-14(6-2)10-11(15-7-3)8-9-12(14)13(16)17-4/h7-10,12,15H,3,5-6H2,1-2,4H3. The molecule has 3 heteroatoms. The Morgan fingerprint density at radius 1 is 1.59 bits per heavy atom. The molecule has 0 radical (unpaired) electrons. The molecule has 0 amide bonds. The molecule has 0 heterocycles. The van der Waals surface area contributed by atoms with Crippen LogP contribution in [0.25, 0.3) is 0 Å². The van der Waals surface area contributed by atoms with E-state index in [1.807, 2.05) is 12.2 Å². The summed E-state index contributed by atoms with van der Waals surface area (Å²) in [5.41, 5.74) is 0.830. The average Bonchev–Trinajstić information content (AvgIpc) is 2.38. The summed E-state index contributed by atoms with van der Waals surface area (Å²) in [4.78, 5) is 11.8. The molecule has 1 unspecified atom stereocenters. The zero-order valence-electron chi connectivity index (χ0n) is 10.8. The number of carbonyl (C=O) groups excluding carboxylic acids is 1. The normalized spacial score (nSPS) is 21.6. The fourth-order valence-corrected chi connectivity index (χ4v) is 2.38. The van der Waals surface area contributed by atoms with E-state index in [4.69, 9.17) is 4.74 Å². The number of nitrogens with one attached hydrogen (secondary N) is 1. The third-order valence-electron chi connectivity index (χ3n) is 3.57. The van der Waals surface area contributed by atoms with Gasteiger partial charge in [0, 0.05) is 11.1 Å². The van der Waals surface area contributed by atoms with Gasteiger partial charge in [-0.15, -0.1) is 0 Å². The second kappa shape index (κ2) is 5.71. The van der Waals surface area contributed by atoms with Crippen LogP contribution in [0, 0.1) is 11.3 Å². The van der Waals surface area contributed by atoms with E-state index in [0.29, 0.717) is 0 Å². The summed E-state index contributed by atoms with van der Waals surface area (Å²) >= 11 is 0. The van der Waals surface area contributed by atoms with Crippen LogP contribution >= 0.6 is 0 Å². The van der Waals surface area contributed by atoms with Gasteiger partial charge in [-0.25, -0.2) is 0 Å². The number of hydrogen-bond donors (Lipinski definition) is 1. The molecule has 1 N–H and O–H groups in total.